The molecule has 136 valence electrons. The maximum atomic E-state index is 11.7. The molecule has 26 heavy (non-hydrogen) atoms. The lowest BCUT2D eigenvalue weighted by molar-refractivity contribution is -0.307. The number of carbonyl (C=O) groups is 2. The van der Waals surface area contributed by atoms with Crippen molar-refractivity contribution >= 4 is 29.7 Å². The van der Waals surface area contributed by atoms with Crippen LogP contribution in [-0.2, 0) is 9.59 Å². The maximum Gasteiger partial charge on any atom is 0.277 e. The van der Waals surface area contributed by atoms with Crippen LogP contribution in [0.5, 0.6) is 11.5 Å². The number of hydrogen-bond donors (Lipinski definition) is 1. The zero-order valence-electron chi connectivity index (χ0n) is 13.9. The van der Waals surface area contributed by atoms with Crippen molar-refractivity contribution in [3.63, 3.8) is 0 Å². The molecule has 0 atom stereocenters. The van der Waals surface area contributed by atoms with Crippen LogP contribution in [-0.4, -0.2) is 31.3 Å². The van der Waals surface area contributed by atoms with Gasteiger partial charge >= 0.3 is 0 Å². The number of carboxylic acid groups (broad SMARTS) is 1. The first-order valence-electron chi connectivity index (χ1n) is 7.57. The summed E-state index contributed by atoms with van der Waals surface area (Å²) >= 11 is 5.86. The lowest BCUT2D eigenvalue weighted by Gasteiger charge is -2.08. The van der Waals surface area contributed by atoms with E-state index in [4.69, 9.17) is 21.1 Å². The molecule has 7 nitrogen and oxygen atoms in total. The summed E-state index contributed by atoms with van der Waals surface area (Å²) in [7, 11) is 0. The number of hydrogen-bond acceptors (Lipinski definition) is 6. The molecule has 0 saturated carbocycles. The lowest BCUT2D eigenvalue weighted by atomic mass is 10.2. The molecule has 0 spiro atoms. The van der Waals surface area contributed by atoms with Gasteiger partial charge in [-0.25, -0.2) is 5.43 Å². The van der Waals surface area contributed by atoms with Gasteiger partial charge in [0.25, 0.3) is 5.91 Å². The Kier molecular flexibility index (Phi) is 6.99. The highest BCUT2D eigenvalue weighted by molar-refractivity contribution is 6.30. The van der Waals surface area contributed by atoms with Crippen LogP contribution in [0.25, 0.3) is 0 Å². The van der Waals surface area contributed by atoms with Crippen LogP contribution in [0.2, 0.25) is 5.02 Å². The Hall–Kier alpha value is -3.06. The number of amides is 1. The molecule has 2 rings (SSSR count). The molecular formula is C18H16ClN2O5-. The second-order valence-electron chi connectivity index (χ2n) is 5.22. The second kappa shape index (κ2) is 9.43. The zero-order valence-corrected chi connectivity index (χ0v) is 14.7. The average molecular weight is 376 g/mol. The molecule has 0 aliphatic heterocycles. The minimum atomic E-state index is -1.30. The highest BCUT2D eigenvalue weighted by Crippen LogP contribution is 2.21. The first kappa shape index (κ1) is 19.3. The number of nitrogens with zero attached hydrogens (tertiary/aromatic N) is 1. The summed E-state index contributed by atoms with van der Waals surface area (Å²) in [5.74, 6) is -0.748. The summed E-state index contributed by atoms with van der Waals surface area (Å²) in [6.07, 6.45) is 1.44. The number of ether oxygens (including phenoxy) is 2. The predicted molar refractivity (Wildman–Crippen MR) is 94.4 cm³/mol. The second-order valence-corrected chi connectivity index (χ2v) is 5.66. The Morgan fingerprint density at radius 2 is 1.88 bits per heavy atom. The van der Waals surface area contributed by atoms with Crippen LogP contribution in [0.4, 0.5) is 0 Å². The third kappa shape index (κ3) is 6.45. The molecular weight excluding hydrogens is 360 g/mol. The largest absolute Gasteiger partial charge is 0.546 e. The summed E-state index contributed by atoms with van der Waals surface area (Å²) in [6.45, 7) is 1.13. The quantitative estimate of drug-likeness (QED) is 0.553. The Labute approximate surface area is 155 Å². The Bertz CT molecular complexity index is 806. The number of nitrogens with one attached hydrogen (secondary N) is 1. The summed E-state index contributed by atoms with van der Waals surface area (Å²) < 4.78 is 10.4. The van der Waals surface area contributed by atoms with Gasteiger partial charge in [0.2, 0.25) is 0 Å². The summed E-state index contributed by atoms with van der Waals surface area (Å²) in [6, 6.07) is 11.6. The molecule has 0 aromatic heterocycles. The van der Waals surface area contributed by atoms with Gasteiger partial charge in [0.05, 0.1) is 12.2 Å². The minimum absolute atomic E-state index is 0.185. The number of rotatable bonds is 8. The van der Waals surface area contributed by atoms with Gasteiger partial charge in [-0.1, -0.05) is 11.6 Å². The number of benzene rings is 2. The van der Waals surface area contributed by atoms with Crippen LogP contribution in [0, 0.1) is 6.92 Å². The van der Waals surface area contributed by atoms with E-state index in [9.17, 15) is 14.7 Å². The van der Waals surface area contributed by atoms with E-state index >= 15 is 0 Å². The minimum Gasteiger partial charge on any atom is -0.546 e. The number of aryl methyl sites for hydroxylation is 1. The highest BCUT2D eigenvalue weighted by Gasteiger charge is 2.04. The van der Waals surface area contributed by atoms with Gasteiger partial charge in [-0.2, -0.15) is 5.10 Å². The van der Waals surface area contributed by atoms with E-state index in [-0.39, 0.29) is 6.61 Å². The van der Waals surface area contributed by atoms with Gasteiger partial charge in [0, 0.05) is 5.02 Å². The van der Waals surface area contributed by atoms with Crippen molar-refractivity contribution in [3.8, 4) is 11.5 Å². The summed E-state index contributed by atoms with van der Waals surface area (Å²) in [5.41, 5.74) is 3.87. The van der Waals surface area contributed by atoms with Crippen molar-refractivity contribution in [2.45, 2.75) is 6.92 Å². The van der Waals surface area contributed by atoms with E-state index in [1.54, 1.807) is 42.5 Å². The molecule has 0 aliphatic rings. The van der Waals surface area contributed by atoms with Crippen LogP contribution >= 0.6 is 11.6 Å². The number of halogens is 1. The van der Waals surface area contributed by atoms with Crippen molar-refractivity contribution in [3.05, 3.63) is 58.6 Å². The smallest absolute Gasteiger partial charge is 0.277 e. The van der Waals surface area contributed by atoms with Gasteiger partial charge in [-0.05, 0) is 60.5 Å². The van der Waals surface area contributed by atoms with Crippen LogP contribution in [0.3, 0.4) is 0 Å². The third-order valence-corrected chi connectivity index (χ3v) is 3.37. The molecule has 8 heteroatoms. The zero-order chi connectivity index (χ0) is 18.9. The summed E-state index contributed by atoms with van der Waals surface area (Å²) in [4.78, 5) is 22.0. The molecule has 0 radical (unpaired) electrons. The van der Waals surface area contributed by atoms with Crippen LogP contribution in [0.1, 0.15) is 11.1 Å². The number of carbonyl (C=O) groups excluding carboxylic acids is 2. The van der Waals surface area contributed by atoms with Crippen molar-refractivity contribution < 1.29 is 24.2 Å². The molecule has 0 heterocycles. The number of hydrazone groups is 1. The first-order chi connectivity index (χ1) is 12.4. The maximum absolute atomic E-state index is 11.7. The van der Waals surface area contributed by atoms with Crippen molar-refractivity contribution in [2.75, 3.05) is 13.2 Å². The summed E-state index contributed by atoms with van der Waals surface area (Å²) in [5, 5.41) is 14.7. The average Bonchev–Trinajstić information content (AvgIpc) is 2.60. The van der Waals surface area contributed by atoms with E-state index in [2.05, 4.69) is 10.5 Å². The molecule has 2 aromatic rings. The Morgan fingerprint density at radius 3 is 2.54 bits per heavy atom. The van der Waals surface area contributed by atoms with Gasteiger partial charge < -0.3 is 19.4 Å². The predicted octanol–water partition coefficient (Wildman–Crippen LogP) is 1.31. The molecule has 0 unspecified atom stereocenters. The van der Waals surface area contributed by atoms with Crippen molar-refractivity contribution in [2.24, 2.45) is 5.10 Å². The van der Waals surface area contributed by atoms with Gasteiger partial charge in [0.15, 0.2) is 6.61 Å². The monoisotopic (exact) mass is 375 g/mol. The standard InChI is InChI=1S/C18H17ClN2O5/c1-12-8-14(19)4-7-16(12)26-10-17(22)21-20-9-13-2-5-15(6-3-13)25-11-18(23)24/h2-9H,10-11H2,1H3,(H,21,22)(H,23,24)/p-1/b20-9-. The molecule has 0 fully saturated rings. The molecule has 0 bridgehead atoms. The fourth-order valence-corrected chi connectivity index (χ4v) is 2.15. The van der Waals surface area contributed by atoms with Crippen LogP contribution in [0.15, 0.2) is 47.6 Å². The van der Waals surface area contributed by atoms with Gasteiger partial charge in [-0.3, -0.25) is 4.79 Å². The molecule has 1 amide bonds. The van der Waals surface area contributed by atoms with E-state index in [1.165, 1.54) is 6.21 Å². The fourth-order valence-electron chi connectivity index (χ4n) is 1.92. The Balaban J connectivity index is 1.78. The van der Waals surface area contributed by atoms with Gasteiger partial charge in [-0.15, -0.1) is 0 Å². The van der Waals surface area contributed by atoms with E-state index in [0.717, 1.165) is 5.56 Å². The Morgan fingerprint density at radius 1 is 1.15 bits per heavy atom. The van der Waals surface area contributed by atoms with Crippen molar-refractivity contribution in [1.82, 2.24) is 5.43 Å². The normalized spacial score (nSPS) is 10.5. The fraction of sp³-hybridized carbons (Fsp3) is 0.167. The highest BCUT2D eigenvalue weighted by atomic mass is 35.5. The van der Waals surface area contributed by atoms with Crippen molar-refractivity contribution in [1.29, 1.82) is 0 Å². The SMILES string of the molecule is Cc1cc(Cl)ccc1OCC(=O)N/N=C\c1ccc(OCC(=O)[O-])cc1. The molecule has 0 saturated heterocycles. The number of aliphatic carboxylic acids is 1. The van der Waals surface area contributed by atoms with Gasteiger partial charge in [0.1, 0.15) is 18.1 Å². The molecule has 1 N–H and O–H groups in total. The first-order valence-corrected chi connectivity index (χ1v) is 7.95. The van der Waals surface area contributed by atoms with E-state index < -0.39 is 18.5 Å². The van der Waals surface area contributed by atoms with E-state index in [0.29, 0.717) is 22.1 Å². The van der Waals surface area contributed by atoms with Crippen LogP contribution < -0.4 is 20.0 Å². The lowest BCUT2D eigenvalue weighted by Crippen LogP contribution is -2.28. The molecule has 0 aliphatic carbocycles. The number of carboxylic acids is 1. The topological polar surface area (TPSA) is 100 Å². The third-order valence-electron chi connectivity index (χ3n) is 3.14. The molecule has 2 aromatic carbocycles. The van der Waals surface area contributed by atoms with E-state index in [1.807, 2.05) is 6.92 Å².